The van der Waals surface area contributed by atoms with Gasteiger partial charge in [-0.2, -0.15) is 5.10 Å². The molecule has 0 amide bonds. The summed E-state index contributed by atoms with van der Waals surface area (Å²) in [5, 5.41) is 15.4. The maximum Gasteiger partial charge on any atom is 0.171 e. The molecule has 4 aromatic heterocycles. The fourth-order valence-electron chi connectivity index (χ4n) is 3.91. The number of rotatable bonds is 5. The first kappa shape index (κ1) is 19.9. The van der Waals surface area contributed by atoms with Crippen LogP contribution in [0.2, 0.25) is 0 Å². The first-order valence-corrected chi connectivity index (χ1v) is 11.2. The Balaban J connectivity index is 1.33. The monoisotopic (exact) mass is 433 g/mol. The summed E-state index contributed by atoms with van der Waals surface area (Å²) in [5.74, 6) is 0.0230. The summed E-state index contributed by atoms with van der Waals surface area (Å²) >= 11 is 1.53. The van der Waals surface area contributed by atoms with E-state index in [1.54, 1.807) is 18.6 Å². The van der Waals surface area contributed by atoms with Gasteiger partial charge in [0.1, 0.15) is 10.0 Å². The highest BCUT2D eigenvalue weighted by molar-refractivity contribution is 7.14. The van der Waals surface area contributed by atoms with Crippen LogP contribution in [0, 0.1) is 6.92 Å². The number of likely N-dealkylation sites (tertiary alicyclic amines) is 1. The SMILES string of the molecule is Cc1nnc(-c2cnc3cnc(CC(=O)c4cnn(C5CCN(C)CC5)c4)cc3c2)s1. The maximum absolute atomic E-state index is 12.9. The zero-order chi connectivity index (χ0) is 21.4. The van der Waals surface area contributed by atoms with E-state index in [-0.39, 0.29) is 12.2 Å². The van der Waals surface area contributed by atoms with Gasteiger partial charge in [0, 0.05) is 29.0 Å². The minimum absolute atomic E-state index is 0.0230. The maximum atomic E-state index is 12.9. The molecule has 0 atom stereocenters. The summed E-state index contributed by atoms with van der Waals surface area (Å²) in [6, 6.07) is 4.32. The van der Waals surface area contributed by atoms with Gasteiger partial charge in [-0.15, -0.1) is 10.2 Å². The van der Waals surface area contributed by atoms with Crippen molar-refractivity contribution >= 4 is 28.0 Å². The van der Waals surface area contributed by atoms with Crippen molar-refractivity contribution in [2.45, 2.75) is 32.2 Å². The van der Waals surface area contributed by atoms with Gasteiger partial charge < -0.3 is 4.90 Å². The van der Waals surface area contributed by atoms with Crippen molar-refractivity contribution in [1.29, 1.82) is 0 Å². The number of carbonyl (C=O) groups is 1. The van der Waals surface area contributed by atoms with Gasteiger partial charge in [0.2, 0.25) is 0 Å². The fraction of sp³-hybridized carbons (Fsp3) is 0.364. The molecule has 0 aliphatic carbocycles. The van der Waals surface area contributed by atoms with E-state index >= 15 is 0 Å². The van der Waals surface area contributed by atoms with E-state index in [9.17, 15) is 4.79 Å². The Morgan fingerprint density at radius 3 is 2.74 bits per heavy atom. The van der Waals surface area contributed by atoms with Crippen molar-refractivity contribution in [3.05, 3.63) is 53.2 Å². The molecule has 9 heteroatoms. The Morgan fingerprint density at radius 2 is 1.97 bits per heavy atom. The molecule has 31 heavy (non-hydrogen) atoms. The molecule has 0 aromatic carbocycles. The van der Waals surface area contributed by atoms with Gasteiger partial charge >= 0.3 is 0 Å². The molecule has 0 spiro atoms. The standard InChI is InChI=1S/C22H23N7OS/c1-14-26-27-22(31-14)16-7-15-8-18(23-12-20(15)24-10-16)9-21(30)17-11-25-29(13-17)19-3-5-28(2)6-4-19/h7-8,10-13,19H,3-6,9H2,1-2H3. The Labute approximate surface area is 184 Å². The average Bonchev–Trinajstić information content (AvgIpc) is 3.43. The van der Waals surface area contributed by atoms with Gasteiger partial charge in [-0.25, -0.2) is 0 Å². The second-order valence-electron chi connectivity index (χ2n) is 8.06. The summed E-state index contributed by atoms with van der Waals surface area (Å²) in [7, 11) is 2.14. The van der Waals surface area contributed by atoms with Crippen molar-refractivity contribution < 1.29 is 4.79 Å². The van der Waals surface area contributed by atoms with E-state index in [1.165, 1.54) is 11.3 Å². The number of hydrogen-bond donors (Lipinski definition) is 0. The molecule has 1 aliphatic rings. The molecular formula is C22H23N7OS. The number of piperidine rings is 1. The Hall–Kier alpha value is -3.04. The van der Waals surface area contributed by atoms with Crippen LogP contribution in [0.25, 0.3) is 21.5 Å². The third-order valence-electron chi connectivity index (χ3n) is 5.72. The molecule has 158 valence electrons. The number of hydrogen-bond acceptors (Lipinski definition) is 8. The van der Waals surface area contributed by atoms with Crippen LogP contribution in [0.4, 0.5) is 0 Å². The first-order valence-electron chi connectivity index (χ1n) is 10.4. The molecule has 1 saturated heterocycles. The normalized spacial score (nSPS) is 15.5. The van der Waals surface area contributed by atoms with Gasteiger partial charge in [-0.05, 0) is 52.0 Å². The third kappa shape index (κ3) is 4.24. The number of fused-ring (bicyclic) bond motifs is 1. The van der Waals surface area contributed by atoms with Crippen LogP contribution < -0.4 is 0 Å². The number of aryl methyl sites for hydroxylation is 1. The van der Waals surface area contributed by atoms with Gasteiger partial charge in [-0.1, -0.05) is 11.3 Å². The van der Waals surface area contributed by atoms with E-state index in [0.717, 1.165) is 58.1 Å². The van der Waals surface area contributed by atoms with Crippen LogP contribution in [0.1, 0.15) is 39.9 Å². The lowest BCUT2D eigenvalue weighted by atomic mass is 10.1. The van der Waals surface area contributed by atoms with Crippen LogP contribution in [-0.4, -0.2) is 60.8 Å². The van der Waals surface area contributed by atoms with Crippen LogP contribution >= 0.6 is 11.3 Å². The summed E-state index contributed by atoms with van der Waals surface area (Å²) < 4.78 is 1.95. The summed E-state index contributed by atoms with van der Waals surface area (Å²) in [6.45, 7) is 4.04. The van der Waals surface area contributed by atoms with Crippen LogP contribution in [0.15, 0.2) is 36.9 Å². The lowest BCUT2D eigenvalue weighted by Gasteiger charge is -2.28. The Bertz CT molecular complexity index is 1240. The minimum Gasteiger partial charge on any atom is -0.306 e. The molecule has 0 saturated carbocycles. The van der Waals surface area contributed by atoms with Crippen molar-refractivity contribution in [2.24, 2.45) is 0 Å². The molecule has 1 aliphatic heterocycles. The van der Waals surface area contributed by atoms with E-state index in [2.05, 4.69) is 37.2 Å². The lowest BCUT2D eigenvalue weighted by molar-refractivity contribution is 0.0991. The van der Waals surface area contributed by atoms with Gasteiger partial charge in [0.05, 0.1) is 35.9 Å². The quantitative estimate of drug-likeness (QED) is 0.446. The predicted molar refractivity (Wildman–Crippen MR) is 119 cm³/mol. The van der Waals surface area contributed by atoms with Crippen molar-refractivity contribution in [3.63, 3.8) is 0 Å². The predicted octanol–water partition coefficient (Wildman–Crippen LogP) is 3.35. The third-order valence-corrected chi connectivity index (χ3v) is 6.61. The average molecular weight is 434 g/mol. The molecule has 5 rings (SSSR count). The second kappa shape index (κ2) is 8.24. The number of pyridine rings is 2. The highest BCUT2D eigenvalue weighted by Gasteiger charge is 2.20. The van der Waals surface area contributed by atoms with E-state index in [4.69, 9.17) is 0 Å². The second-order valence-corrected chi connectivity index (χ2v) is 9.24. The molecule has 1 fully saturated rings. The van der Waals surface area contributed by atoms with E-state index in [1.807, 2.05) is 29.9 Å². The molecular weight excluding hydrogens is 410 g/mol. The van der Waals surface area contributed by atoms with Crippen molar-refractivity contribution in [2.75, 3.05) is 20.1 Å². The smallest absolute Gasteiger partial charge is 0.171 e. The number of carbonyl (C=O) groups excluding carboxylic acids is 1. The molecule has 0 radical (unpaired) electrons. The Morgan fingerprint density at radius 1 is 1.13 bits per heavy atom. The van der Waals surface area contributed by atoms with Crippen molar-refractivity contribution in [1.82, 2.24) is 34.8 Å². The van der Waals surface area contributed by atoms with Gasteiger partial charge in [0.15, 0.2) is 5.78 Å². The number of nitrogens with zero attached hydrogens (tertiary/aromatic N) is 7. The molecule has 8 nitrogen and oxygen atoms in total. The topological polar surface area (TPSA) is 89.7 Å². The minimum atomic E-state index is 0.0230. The fourth-order valence-corrected chi connectivity index (χ4v) is 4.58. The molecule has 0 unspecified atom stereocenters. The largest absolute Gasteiger partial charge is 0.306 e. The van der Waals surface area contributed by atoms with Gasteiger partial charge in [0.25, 0.3) is 0 Å². The summed E-state index contributed by atoms with van der Waals surface area (Å²) in [4.78, 5) is 24.1. The molecule has 4 aromatic rings. The molecule has 0 N–H and O–H groups in total. The molecule has 5 heterocycles. The highest BCUT2D eigenvalue weighted by Crippen LogP contribution is 2.26. The van der Waals surface area contributed by atoms with E-state index in [0.29, 0.717) is 11.6 Å². The number of ketones is 1. The lowest BCUT2D eigenvalue weighted by Crippen LogP contribution is -2.31. The zero-order valence-electron chi connectivity index (χ0n) is 17.5. The van der Waals surface area contributed by atoms with Gasteiger partial charge in [-0.3, -0.25) is 19.4 Å². The summed E-state index contributed by atoms with van der Waals surface area (Å²) in [6.07, 6.45) is 9.41. The summed E-state index contributed by atoms with van der Waals surface area (Å²) in [5.41, 5.74) is 3.06. The van der Waals surface area contributed by atoms with E-state index < -0.39 is 0 Å². The van der Waals surface area contributed by atoms with Crippen molar-refractivity contribution in [3.8, 4) is 10.6 Å². The zero-order valence-corrected chi connectivity index (χ0v) is 18.3. The first-order chi connectivity index (χ1) is 15.0. The number of Topliss-reactive ketones (excluding diaryl/α,β-unsaturated/α-hetero) is 1. The van der Waals surface area contributed by atoms with Crippen LogP contribution in [0.5, 0.6) is 0 Å². The Kier molecular flexibility index (Phi) is 5.29. The van der Waals surface area contributed by atoms with Crippen LogP contribution in [0.3, 0.4) is 0 Å². The highest BCUT2D eigenvalue weighted by atomic mass is 32.1. The van der Waals surface area contributed by atoms with Crippen LogP contribution in [-0.2, 0) is 6.42 Å². The number of aromatic nitrogens is 6. The molecule has 0 bridgehead atoms.